The summed E-state index contributed by atoms with van der Waals surface area (Å²) in [7, 11) is 1.49. The highest BCUT2D eigenvalue weighted by atomic mass is 16.6. The van der Waals surface area contributed by atoms with Crippen LogP contribution in [0.1, 0.15) is 36.7 Å². The molecule has 0 fully saturated rings. The molecule has 5 nitrogen and oxygen atoms in total. The van der Waals surface area contributed by atoms with E-state index in [0.29, 0.717) is 11.4 Å². The van der Waals surface area contributed by atoms with E-state index in [4.69, 9.17) is 4.84 Å². The highest BCUT2D eigenvalue weighted by Crippen LogP contribution is 2.32. The van der Waals surface area contributed by atoms with Gasteiger partial charge in [-0.15, -0.1) is 0 Å². The SMILES string of the molecule is CO/N=C1\c2cc(-c3ccccn3)ccc2C(=O)N1C(C)(C)C. The maximum absolute atomic E-state index is 12.8. The van der Waals surface area contributed by atoms with Crippen LogP contribution in [0.15, 0.2) is 47.8 Å². The van der Waals surface area contributed by atoms with Gasteiger partial charge in [0.15, 0.2) is 5.84 Å². The van der Waals surface area contributed by atoms with Crippen molar-refractivity contribution in [3.05, 3.63) is 53.7 Å². The molecule has 0 saturated carbocycles. The van der Waals surface area contributed by atoms with Crippen molar-refractivity contribution in [2.75, 3.05) is 7.11 Å². The molecule has 0 N–H and O–H groups in total. The Morgan fingerprint density at radius 3 is 2.52 bits per heavy atom. The molecule has 23 heavy (non-hydrogen) atoms. The van der Waals surface area contributed by atoms with Gasteiger partial charge in [-0.05, 0) is 45.0 Å². The molecule has 0 bridgehead atoms. The molecule has 3 rings (SSSR count). The van der Waals surface area contributed by atoms with Crippen molar-refractivity contribution < 1.29 is 9.63 Å². The number of pyridine rings is 1. The predicted molar refractivity (Wildman–Crippen MR) is 89.1 cm³/mol. The lowest BCUT2D eigenvalue weighted by molar-refractivity contribution is 0.0756. The number of amides is 1. The molecule has 1 amide bonds. The van der Waals surface area contributed by atoms with E-state index in [2.05, 4.69) is 10.1 Å². The Bertz CT molecular complexity index is 777. The van der Waals surface area contributed by atoms with Gasteiger partial charge < -0.3 is 4.84 Å². The van der Waals surface area contributed by atoms with Crippen molar-refractivity contribution in [3.8, 4) is 11.3 Å². The summed E-state index contributed by atoms with van der Waals surface area (Å²) >= 11 is 0. The fourth-order valence-corrected chi connectivity index (χ4v) is 2.74. The van der Waals surface area contributed by atoms with Gasteiger partial charge in [-0.2, -0.15) is 0 Å². The zero-order valence-electron chi connectivity index (χ0n) is 13.7. The number of nitrogens with zero attached hydrogens (tertiary/aromatic N) is 3. The van der Waals surface area contributed by atoms with Crippen molar-refractivity contribution in [1.29, 1.82) is 0 Å². The molecule has 118 valence electrons. The van der Waals surface area contributed by atoms with Gasteiger partial charge in [0, 0.05) is 22.9 Å². The van der Waals surface area contributed by atoms with Gasteiger partial charge in [-0.1, -0.05) is 17.3 Å². The zero-order valence-corrected chi connectivity index (χ0v) is 13.7. The topological polar surface area (TPSA) is 54.8 Å². The van der Waals surface area contributed by atoms with Crippen LogP contribution in [-0.2, 0) is 4.84 Å². The van der Waals surface area contributed by atoms with Crippen LogP contribution in [0, 0.1) is 0 Å². The second kappa shape index (κ2) is 5.50. The molecule has 0 spiro atoms. The lowest BCUT2D eigenvalue weighted by Crippen LogP contribution is -2.45. The Morgan fingerprint density at radius 1 is 1.13 bits per heavy atom. The first kappa shape index (κ1) is 15.2. The number of oxime groups is 1. The average molecular weight is 309 g/mol. The monoisotopic (exact) mass is 309 g/mol. The summed E-state index contributed by atoms with van der Waals surface area (Å²) in [6.45, 7) is 5.92. The van der Waals surface area contributed by atoms with E-state index in [1.54, 1.807) is 11.1 Å². The number of amidine groups is 1. The predicted octanol–water partition coefficient (Wildman–Crippen LogP) is 3.31. The molecule has 0 saturated heterocycles. The summed E-state index contributed by atoms with van der Waals surface area (Å²) < 4.78 is 0. The van der Waals surface area contributed by atoms with Crippen LogP contribution >= 0.6 is 0 Å². The van der Waals surface area contributed by atoms with Gasteiger partial charge in [0.2, 0.25) is 0 Å². The van der Waals surface area contributed by atoms with Crippen LogP contribution in [0.3, 0.4) is 0 Å². The fraction of sp³-hybridized carbons (Fsp3) is 0.278. The summed E-state index contributed by atoms with van der Waals surface area (Å²) in [6, 6.07) is 11.4. The van der Waals surface area contributed by atoms with Crippen LogP contribution in [0.2, 0.25) is 0 Å². The molecule has 1 aliphatic rings. The van der Waals surface area contributed by atoms with Crippen molar-refractivity contribution in [3.63, 3.8) is 0 Å². The van der Waals surface area contributed by atoms with E-state index in [0.717, 1.165) is 16.8 Å². The number of hydrogen-bond acceptors (Lipinski definition) is 4. The molecule has 0 atom stereocenters. The fourth-order valence-electron chi connectivity index (χ4n) is 2.74. The minimum absolute atomic E-state index is 0.0594. The van der Waals surface area contributed by atoms with Crippen molar-refractivity contribution in [2.24, 2.45) is 5.16 Å². The van der Waals surface area contributed by atoms with Crippen LogP contribution in [-0.4, -0.2) is 34.3 Å². The summed E-state index contributed by atoms with van der Waals surface area (Å²) in [5, 5.41) is 4.10. The van der Waals surface area contributed by atoms with Gasteiger partial charge in [-0.25, -0.2) is 0 Å². The van der Waals surface area contributed by atoms with Gasteiger partial charge in [0.05, 0.1) is 11.3 Å². The summed E-state index contributed by atoms with van der Waals surface area (Å²) in [5.74, 6) is 0.480. The van der Waals surface area contributed by atoms with E-state index in [1.165, 1.54) is 7.11 Å². The van der Waals surface area contributed by atoms with E-state index in [9.17, 15) is 4.79 Å². The number of rotatable bonds is 2. The number of hydrogen-bond donors (Lipinski definition) is 0. The number of benzene rings is 1. The Kier molecular flexibility index (Phi) is 3.64. The first-order valence-electron chi connectivity index (χ1n) is 7.45. The molecule has 0 radical (unpaired) electrons. The maximum atomic E-state index is 12.8. The van der Waals surface area contributed by atoms with Gasteiger partial charge in [-0.3, -0.25) is 14.7 Å². The smallest absolute Gasteiger partial charge is 0.260 e. The summed E-state index contributed by atoms with van der Waals surface area (Å²) in [6.07, 6.45) is 1.75. The lowest BCUT2D eigenvalue weighted by Gasteiger charge is -2.31. The third-order valence-corrected chi connectivity index (χ3v) is 3.72. The van der Waals surface area contributed by atoms with Crippen molar-refractivity contribution in [2.45, 2.75) is 26.3 Å². The van der Waals surface area contributed by atoms with Gasteiger partial charge in [0.1, 0.15) is 7.11 Å². The molecule has 0 aliphatic carbocycles. The van der Waals surface area contributed by atoms with Crippen molar-refractivity contribution in [1.82, 2.24) is 9.88 Å². The molecule has 1 aliphatic heterocycles. The third kappa shape index (κ3) is 2.59. The van der Waals surface area contributed by atoms with E-state index < -0.39 is 5.54 Å². The minimum Gasteiger partial charge on any atom is -0.397 e. The lowest BCUT2D eigenvalue weighted by atomic mass is 10.0. The van der Waals surface area contributed by atoms with Gasteiger partial charge >= 0.3 is 0 Å². The minimum atomic E-state index is -0.390. The maximum Gasteiger partial charge on any atom is 0.260 e. The largest absolute Gasteiger partial charge is 0.397 e. The first-order chi connectivity index (χ1) is 10.9. The van der Waals surface area contributed by atoms with E-state index in [1.807, 2.05) is 57.2 Å². The highest BCUT2D eigenvalue weighted by molar-refractivity contribution is 6.24. The van der Waals surface area contributed by atoms with Crippen LogP contribution in [0.25, 0.3) is 11.3 Å². The number of aromatic nitrogens is 1. The summed E-state index contributed by atoms with van der Waals surface area (Å²) in [5.41, 5.74) is 2.81. The number of carbonyl (C=O) groups is 1. The zero-order chi connectivity index (χ0) is 16.6. The average Bonchev–Trinajstić information content (AvgIpc) is 2.81. The normalized spacial score (nSPS) is 15.9. The number of carbonyl (C=O) groups excluding carboxylic acids is 1. The Morgan fingerprint density at radius 2 is 1.91 bits per heavy atom. The second-order valence-electron chi connectivity index (χ2n) is 6.38. The van der Waals surface area contributed by atoms with Crippen LogP contribution < -0.4 is 0 Å². The molecular formula is C18H19N3O2. The van der Waals surface area contributed by atoms with E-state index >= 15 is 0 Å². The highest BCUT2D eigenvalue weighted by Gasteiger charge is 2.41. The molecule has 2 aromatic rings. The first-order valence-corrected chi connectivity index (χ1v) is 7.45. The Hall–Kier alpha value is -2.69. The molecule has 1 aromatic heterocycles. The molecular weight excluding hydrogens is 290 g/mol. The molecule has 0 unspecified atom stereocenters. The summed E-state index contributed by atoms with van der Waals surface area (Å²) in [4.78, 5) is 23.8. The molecule has 1 aromatic carbocycles. The number of fused-ring (bicyclic) bond motifs is 1. The van der Waals surface area contributed by atoms with Crippen LogP contribution in [0.4, 0.5) is 0 Å². The Labute approximate surface area is 135 Å². The Balaban J connectivity index is 2.15. The molecule has 2 heterocycles. The standard InChI is InChI=1S/C18H19N3O2/c1-18(2,3)21-16(20-23-4)14-11-12(8-9-13(14)17(21)22)15-7-5-6-10-19-15/h5-11H,1-4H3/b20-16+. The third-order valence-electron chi connectivity index (χ3n) is 3.72. The molecule has 5 heteroatoms. The van der Waals surface area contributed by atoms with Crippen LogP contribution in [0.5, 0.6) is 0 Å². The van der Waals surface area contributed by atoms with E-state index in [-0.39, 0.29) is 5.91 Å². The van der Waals surface area contributed by atoms with Gasteiger partial charge in [0.25, 0.3) is 5.91 Å². The second-order valence-corrected chi connectivity index (χ2v) is 6.38. The van der Waals surface area contributed by atoms with Crippen molar-refractivity contribution >= 4 is 11.7 Å². The quantitative estimate of drug-likeness (QED) is 0.800.